The predicted molar refractivity (Wildman–Crippen MR) is 185 cm³/mol. The number of alkyl halides is 7. The second-order valence-corrected chi connectivity index (χ2v) is 14.2. The highest BCUT2D eigenvalue weighted by Gasteiger charge is 2.76. The quantitative estimate of drug-likeness (QED) is 0.0431. The molecule has 0 radical (unpaired) electrons. The summed E-state index contributed by atoms with van der Waals surface area (Å²) in [5.41, 5.74) is -0.408. The molecule has 0 unspecified atom stereocenters. The van der Waals surface area contributed by atoms with Crippen molar-refractivity contribution in [2.75, 3.05) is 5.32 Å². The third kappa shape index (κ3) is 11.4. The Labute approximate surface area is 298 Å². The van der Waals surface area contributed by atoms with E-state index >= 15 is 0 Å². The standard InChI is InChI=1S/C36H44F7N3O5S/c1-2-3-4-5-6-7-8-9-10-11-12-13-14-15-17-25-20-22-26(23-21-25)45-46-31-30(52(49,50)51)24-28-27(32(31)47)18-16-19-29(28)44-33(48)34(37,38)35(39,40)36(41,42)43/h16,18-24,47H,2-15,17H2,1H3,(H,44,48)(H,49,50,51). The second-order valence-electron chi connectivity index (χ2n) is 12.8. The van der Waals surface area contributed by atoms with Crippen LogP contribution in [-0.2, 0) is 21.3 Å². The molecule has 3 aromatic carbocycles. The van der Waals surface area contributed by atoms with E-state index in [4.69, 9.17) is 0 Å². The van der Waals surface area contributed by atoms with Gasteiger partial charge in [-0.25, -0.2) is 0 Å². The Balaban J connectivity index is 1.63. The zero-order chi connectivity index (χ0) is 38.6. The van der Waals surface area contributed by atoms with Crippen LogP contribution in [0, 0.1) is 0 Å². The van der Waals surface area contributed by atoms with E-state index in [9.17, 15) is 53.6 Å². The average molecular weight is 764 g/mol. The van der Waals surface area contributed by atoms with E-state index in [-0.39, 0.29) is 5.69 Å². The Morgan fingerprint density at radius 3 is 1.75 bits per heavy atom. The molecule has 1 amide bonds. The molecule has 0 spiro atoms. The van der Waals surface area contributed by atoms with Crippen molar-refractivity contribution in [2.24, 2.45) is 10.2 Å². The molecule has 0 bridgehead atoms. The predicted octanol–water partition coefficient (Wildman–Crippen LogP) is 12.0. The van der Waals surface area contributed by atoms with E-state index in [1.165, 1.54) is 75.9 Å². The zero-order valence-corrected chi connectivity index (χ0v) is 29.6. The minimum atomic E-state index is -6.78. The first-order chi connectivity index (χ1) is 24.4. The van der Waals surface area contributed by atoms with Crippen molar-refractivity contribution in [3.8, 4) is 5.75 Å². The highest BCUT2D eigenvalue weighted by Crippen LogP contribution is 2.48. The number of phenols is 1. The molecule has 0 aliphatic carbocycles. The molecule has 0 atom stereocenters. The van der Waals surface area contributed by atoms with Crippen LogP contribution in [0.5, 0.6) is 5.75 Å². The number of carbonyl (C=O) groups is 1. The van der Waals surface area contributed by atoms with Crippen LogP contribution in [0.3, 0.4) is 0 Å². The lowest BCUT2D eigenvalue weighted by Gasteiger charge is -2.27. The number of azo groups is 1. The molecule has 0 saturated carbocycles. The Morgan fingerprint density at radius 1 is 0.731 bits per heavy atom. The first kappa shape index (κ1) is 42.6. The molecule has 3 N–H and O–H groups in total. The number of benzene rings is 3. The number of phenolic OH excluding ortho intramolecular Hbond substituents is 1. The first-order valence-corrected chi connectivity index (χ1v) is 18.8. The van der Waals surface area contributed by atoms with Gasteiger partial charge in [0.1, 0.15) is 10.6 Å². The van der Waals surface area contributed by atoms with E-state index in [0.29, 0.717) is 6.07 Å². The summed E-state index contributed by atoms with van der Waals surface area (Å²) >= 11 is 0. The fourth-order valence-corrected chi connectivity index (χ4v) is 6.30. The third-order valence-electron chi connectivity index (χ3n) is 8.68. The van der Waals surface area contributed by atoms with Gasteiger partial charge in [-0.2, -0.15) is 44.3 Å². The van der Waals surface area contributed by atoms with E-state index in [1.54, 1.807) is 24.3 Å². The lowest BCUT2D eigenvalue weighted by atomic mass is 10.0. The maximum atomic E-state index is 14.0. The van der Waals surface area contributed by atoms with Crippen LogP contribution < -0.4 is 5.32 Å². The number of nitrogens with zero attached hydrogens (tertiary/aromatic N) is 2. The number of amides is 1. The summed E-state index contributed by atoms with van der Waals surface area (Å²) in [6.07, 6.45) is 11.6. The fraction of sp³-hybridized carbons (Fsp3) is 0.528. The largest absolute Gasteiger partial charge is 0.505 e. The summed E-state index contributed by atoms with van der Waals surface area (Å²) in [5, 5.41) is 18.8. The molecular weight excluding hydrogens is 719 g/mol. The average Bonchev–Trinajstić information content (AvgIpc) is 3.07. The summed E-state index contributed by atoms with van der Waals surface area (Å²) in [7, 11) is -5.25. The number of carbonyl (C=O) groups excluding carboxylic acids is 1. The number of fused-ring (bicyclic) bond motifs is 1. The number of unbranched alkanes of at least 4 members (excludes halogenated alkanes) is 13. The number of aromatic hydroxyl groups is 1. The number of halogens is 7. The SMILES string of the molecule is CCCCCCCCCCCCCCCCc1ccc(N=Nc2c(S(=O)(=O)O)cc3c(NC(=O)C(F)(F)C(F)(F)C(F)(F)F)cccc3c2O)cc1. The Morgan fingerprint density at radius 2 is 1.25 bits per heavy atom. The normalized spacial score (nSPS) is 12.9. The summed E-state index contributed by atoms with van der Waals surface area (Å²) in [4.78, 5) is 10.8. The van der Waals surface area contributed by atoms with E-state index in [1.807, 2.05) is 0 Å². The number of hydrogen-bond acceptors (Lipinski definition) is 6. The van der Waals surface area contributed by atoms with Crippen LogP contribution in [0.2, 0.25) is 0 Å². The van der Waals surface area contributed by atoms with E-state index < -0.39 is 66.8 Å². The number of nitrogens with one attached hydrogen (secondary N) is 1. The molecule has 288 valence electrons. The maximum Gasteiger partial charge on any atom is 0.460 e. The molecule has 0 aromatic heterocycles. The second kappa shape index (κ2) is 18.8. The van der Waals surface area contributed by atoms with Gasteiger partial charge in [-0.3, -0.25) is 9.35 Å². The van der Waals surface area contributed by atoms with Crippen LogP contribution in [0.25, 0.3) is 10.8 Å². The van der Waals surface area contributed by atoms with Gasteiger partial charge in [0.05, 0.1) is 5.69 Å². The van der Waals surface area contributed by atoms with Crippen LogP contribution in [-0.4, -0.2) is 42.0 Å². The first-order valence-electron chi connectivity index (χ1n) is 17.3. The van der Waals surface area contributed by atoms with Gasteiger partial charge in [-0.15, -0.1) is 5.11 Å². The topological polar surface area (TPSA) is 128 Å². The molecule has 3 rings (SSSR count). The molecular formula is C36H44F7N3O5S. The smallest absolute Gasteiger partial charge is 0.460 e. The lowest BCUT2D eigenvalue weighted by Crippen LogP contribution is -2.57. The summed E-state index contributed by atoms with van der Waals surface area (Å²) in [6, 6.07) is 10.2. The molecule has 8 nitrogen and oxygen atoms in total. The number of hydrogen-bond donors (Lipinski definition) is 3. The van der Waals surface area contributed by atoms with Crippen molar-refractivity contribution in [3.05, 3.63) is 54.1 Å². The van der Waals surface area contributed by atoms with Crippen molar-refractivity contribution in [1.29, 1.82) is 0 Å². The number of anilines is 1. The van der Waals surface area contributed by atoms with Gasteiger partial charge < -0.3 is 10.4 Å². The lowest BCUT2D eigenvalue weighted by molar-refractivity contribution is -0.343. The van der Waals surface area contributed by atoms with E-state index in [2.05, 4.69) is 17.2 Å². The summed E-state index contributed by atoms with van der Waals surface area (Å²) in [5.74, 6) is -17.1. The Kier molecular flexibility index (Phi) is 15.4. The zero-order valence-electron chi connectivity index (χ0n) is 28.8. The van der Waals surface area contributed by atoms with Crippen molar-refractivity contribution >= 4 is 43.9 Å². The van der Waals surface area contributed by atoms with Gasteiger partial charge in [0.15, 0.2) is 5.75 Å². The number of aryl methyl sites for hydroxylation is 1. The molecule has 0 fully saturated rings. The third-order valence-corrected chi connectivity index (χ3v) is 9.54. The molecule has 16 heteroatoms. The van der Waals surface area contributed by atoms with Crippen molar-refractivity contribution < 1.29 is 53.6 Å². The number of rotatable bonds is 21. The van der Waals surface area contributed by atoms with Crippen molar-refractivity contribution in [3.63, 3.8) is 0 Å². The summed E-state index contributed by atoms with van der Waals surface area (Å²) < 4.78 is 127. The fourth-order valence-electron chi connectivity index (χ4n) is 5.66. The monoisotopic (exact) mass is 763 g/mol. The Bertz CT molecular complexity index is 1770. The van der Waals surface area contributed by atoms with Crippen molar-refractivity contribution in [2.45, 2.75) is 126 Å². The van der Waals surface area contributed by atoms with Crippen LogP contribution in [0.4, 0.5) is 47.8 Å². The highest BCUT2D eigenvalue weighted by atomic mass is 32.2. The Hall–Kier alpha value is -3.79. The van der Waals surface area contributed by atoms with Gasteiger partial charge in [0, 0.05) is 16.5 Å². The molecule has 0 aliphatic rings. The molecule has 3 aromatic rings. The van der Waals surface area contributed by atoms with Crippen LogP contribution >= 0.6 is 0 Å². The minimum Gasteiger partial charge on any atom is -0.505 e. The molecule has 52 heavy (non-hydrogen) atoms. The molecule has 0 aliphatic heterocycles. The van der Waals surface area contributed by atoms with Gasteiger partial charge in [0.25, 0.3) is 10.1 Å². The summed E-state index contributed by atoms with van der Waals surface area (Å²) in [6.45, 7) is 2.22. The maximum absolute atomic E-state index is 14.0. The van der Waals surface area contributed by atoms with Gasteiger partial charge in [0.2, 0.25) is 0 Å². The van der Waals surface area contributed by atoms with Crippen LogP contribution in [0.15, 0.2) is 63.7 Å². The van der Waals surface area contributed by atoms with Gasteiger partial charge in [-0.05, 0) is 42.7 Å². The van der Waals surface area contributed by atoms with Gasteiger partial charge >= 0.3 is 23.9 Å². The van der Waals surface area contributed by atoms with Gasteiger partial charge in [-0.1, -0.05) is 115 Å². The van der Waals surface area contributed by atoms with Crippen molar-refractivity contribution in [1.82, 2.24) is 0 Å². The highest BCUT2D eigenvalue weighted by molar-refractivity contribution is 7.86. The molecule has 0 saturated heterocycles. The molecule has 0 heterocycles. The van der Waals surface area contributed by atoms with E-state index in [0.717, 1.165) is 49.4 Å². The van der Waals surface area contributed by atoms with Crippen LogP contribution in [0.1, 0.15) is 102 Å². The minimum absolute atomic E-state index is 0.235.